The van der Waals surface area contributed by atoms with Crippen molar-refractivity contribution in [2.75, 3.05) is 33.0 Å². The van der Waals surface area contributed by atoms with Gasteiger partial charge in [0.15, 0.2) is 24.3 Å². The van der Waals surface area contributed by atoms with Crippen molar-refractivity contribution in [3.8, 4) is 5.88 Å². The molecule has 5 aliphatic carbocycles. The summed E-state index contributed by atoms with van der Waals surface area (Å²) in [6.45, 7) is 3.05. The first-order chi connectivity index (χ1) is 29.7. The van der Waals surface area contributed by atoms with E-state index in [4.69, 9.17) is 28.4 Å². The molecule has 8 rings (SSSR count). The SMILES string of the molecule is C[C@]12C=CC(=O)C=C1CC[C@@H]1[C@@H]2[C@@H](O)C[C@@]2(C)[C@H]1C[C@H]1O[C@@H](C3CCCCC3)O[C@]12C(=O)COC(=O)CCC(=O)OCCOCCOc1no[n+]([O-])c1S(=O)(=O)c1ccccc1. The number of fused-ring (bicyclic) bond motifs is 7. The molecule has 336 valence electrons. The number of hydrogen-bond donors (Lipinski definition) is 1. The van der Waals surface area contributed by atoms with E-state index in [-0.39, 0.29) is 84.9 Å². The number of carbonyl (C=O) groups is 4. The Morgan fingerprint density at radius 1 is 0.984 bits per heavy atom. The molecule has 17 nitrogen and oxygen atoms in total. The molecule has 1 N–H and O–H groups in total. The highest BCUT2D eigenvalue weighted by Gasteiger charge is 2.76. The maximum Gasteiger partial charge on any atom is 0.415 e. The van der Waals surface area contributed by atoms with E-state index < -0.39 is 80.0 Å². The Morgan fingerprint density at radius 2 is 1.71 bits per heavy atom. The van der Waals surface area contributed by atoms with Crippen molar-refractivity contribution >= 4 is 33.3 Å². The first kappa shape index (κ1) is 44.1. The summed E-state index contributed by atoms with van der Waals surface area (Å²) in [4.78, 5) is 52.0. The van der Waals surface area contributed by atoms with Crippen LogP contribution >= 0.6 is 0 Å². The number of benzene rings is 1. The first-order valence-corrected chi connectivity index (χ1v) is 23.1. The van der Waals surface area contributed by atoms with Crippen molar-refractivity contribution in [3.63, 3.8) is 0 Å². The van der Waals surface area contributed by atoms with Gasteiger partial charge in [0, 0.05) is 22.7 Å². The average molecular weight is 883 g/mol. The molecule has 0 unspecified atom stereocenters. The van der Waals surface area contributed by atoms with E-state index in [0.29, 0.717) is 12.8 Å². The van der Waals surface area contributed by atoms with Gasteiger partial charge >= 0.3 is 22.8 Å². The third-order valence-corrected chi connectivity index (χ3v) is 16.1. The molecule has 6 aliphatic rings. The highest BCUT2D eigenvalue weighted by molar-refractivity contribution is 7.91. The second kappa shape index (κ2) is 17.6. The molecule has 5 fully saturated rings. The van der Waals surface area contributed by atoms with Crippen molar-refractivity contribution in [1.82, 2.24) is 5.16 Å². The van der Waals surface area contributed by atoms with Crippen molar-refractivity contribution in [2.24, 2.45) is 34.5 Å². The lowest BCUT2D eigenvalue weighted by Crippen LogP contribution is -2.63. The Bertz CT molecular complexity index is 2200. The number of nitrogens with zero attached hydrogens (tertiary/aromatic N) is 2. The predicted octanol–water partition coefficient (Wildman–Crippen LogP) is 3.92. The van der Waals surface area contributed by atoms with Gasteiger partial charge in [-0.1, -0.05) is 63.0 Å². The van der Waals surface area contributed by atoms with E-state index in [1.54, 1.807) is 18.2 Å². The Balaban J connectivity index is 0.822. The third-order valence-electron chi connectivity index (χ3n) is 14.4. The third kappa shape index (κ3) is 7.90. The molecule has 1 aromatic carbocycles. The predicted molar refractivity (Wildman–Crippen MR) is 212 cm³/mol. The Hall–Kier alpha value is -4.49. The van der Waals surface area contributed by atoms with Gasteiger partial charge in [-0.2, -0.15) is 0 Å². The van der Waals surface area contributed by atoms with Gasteiger partial charge in [-0.3, -0.25) is 23.8 Å². The molecule has 4 saturated carbocycles. The van der Waals surface area contributed by atoms with Crippen molar-refractivity contribution in [3.05, 3.63) is 59.3 Å². The summed E-state index contributed by atoms with van der Waals surface area (Å²) in [6, 6.07) is 7.25. The van der Waals surface area contributed by atoms with E-state index in [1.807, 2.05) is 13.0 Å². The molecule has 0 radical (unpaired) electrons. The lowest BCUT2D eigenvalue weighted by molar-refractivity contribution is -0.832. The zero-order chi connectivity index (χ0) is 43.9. The van der Waals surface area contributed by atoms with Crippen LogP contribution in [0.25, 0.3) is 0 Å². The molecule has 9 atom stereocenters. The van der Waals surface area contributed by atoms with Gasteiger partial charge in [0.1, 0.15) is 13.2 Å². The number of sulfone groups is 1. The van der Waals surface area contributed by atoms with Gasteiger partial charge in [-0.15, -0.1) is 0 Å². The summed E-state index contributed by atoms with van der Waals surface area (Å²) in [5.41, 5.74) is -1.71. The zero-order valence-corrected chi connectivity index (χ0v) is 35.8. The fraction of sp³-hybridized carbons (Fsp3) is 0.636. The summed E-state index contributed by atoms with van der Waals surface area (Å²) >= 11 is 0. The van der Waals surface area contributed by atoms with E-state index >= 15 is 0 Å². The Labute approximate surface area is 359 Å². The van der Waals surface area contributed by atoms with Gasteiger partial charge in [-0.05, 0) is 79.5 Å². The molecule has 0 spiro atoms. The number of allylic oxidation sites excluding steroid dienone is 4. The largest absolute Gasteiger partial charge is 0.463 e. The normalized spacial score (nSPS) is 32.8. The summed E-state index contributed by atoms with van der Waals surface area (Å²) in [5.74, 6) is -2.45. The molecule has 0 amide bonds. The number of Topliss-reactive ketones (excluding diaryl/α,β-unsaturated/α-hetero) is 1. The number of aliphatic hydroxyl groups excluding tert-OH is 1. The van der Waals surface area contributed by atoms with E-state index in [9.17, 15) is 37.9 Å². The second-order valence-electron chi connectivity index (χ2n) is 17.8. The number of rotatable bonds is 16. The molecule has 1 aromatic heterocycles. The number of aliphatic hydroxyl groups is 1. The smallest absolute Gasteiger partial charge is 0.415 e. The zero-order valence-electron chi connectivity index (χ0n) is 34.9. The number of ether oxygens (including phenoxy) is 6. The quantitative estimate of drug-likeness (QED) is 0.143. The van der Waals surface area contributed by atoms with Crippen LogP contribution in [0.5, 0.6) is 5.88 Å². The average Bonchev–Trinajstić information content (AvgIpc) is 3.91. The summed E-state index contributed by atoms with van der Waals surface area (Å²) < 4.78 is 65.2. The fourth-order valence-electron chi connectivity index (χ4n) is 11.6. The fourth-order valence-corrected chi connectivity index (χ4v) is 12.9. The highest BCUT2D eigenvalue weighted by atomic mass is 32.2. The minimum Gasteiger partial charge on any atom is -0.463 e. The molecule has 0 bridgehead atoms. The number of esters is 2. The number of hydrogen-bond acceptors (Lipinski definition) is 16. The number of carbonyl (C=O) groups excluding carboxylic acids is 4. The van der Waals surface area contributed by atoms with Crippen LogP contribution in [-0.2, 0) is 52.7 Å². The van der Waals surface area contributed by atoms with Gasteiger partial charge in [0.2, 0.25) is 5.78 Å². The molecule has 1 aliphatic heterocycles. The molecule has 2 heterocycles. The second-order valence-corrected chi connectivity index (χ2v) is 19.7. The van der Waals surface area contributed by atoms with Crippen LogP contribution in [0.2, 0.25) is 0 Å². The topological polar surface area (TPSA) is 231 Å². The molecular weight excluding hydrogens is 829 g/mol. The summed E-state index contributed by atoms with van der Waals surface area (Å²) in [7, 11) is -4.28. The monoisotopic (exact) mass is 882 g/mol. The minimum absolute atomic E-state index is 0.0280. The highest BCUT2D eigenvalue weighted by Crippen LogP contribution is 2.70. The van der Waals surface area contributed by atoms with Gasteiger partial charge < -0.3 is 38.7 Å². The summed E-state index contributed by atoms with van der Waals surface area (Å²) in [6.07, 6.45) is 10.1. The minimum atomic E-state index is -4.28. The molecule has 1 saturated heterocycles. The summed E-state index contributed by atoms with van der Waals surface area (Å²) in [5, 5.41) is 26.7. The maximum atomic E-state index is 14.6. The number of ketones is 2. The lowest BCUT2D eigenvalue weighted by atomic mass is 9.46. The van der Waals surface area contributed by atoms with Crippen LogP contribution in [0.1, 0.15) is 84.5 Å². The van der Waals surface area contributed by atoms with Gasteiger partial charge in [-0.25, -0.2) is 8.42 Å². The Morgan fingerprint density at radius 3 is 2.47 bits per heavy atom. The van der Waals surface area contributed by atoms with Crippen LogP contribution in [0.3, 0.4) is 0 Å². The van der Waals surface area contributed by atoms with Crippen molar-refractivity contribution < 1.29 is 70.7 Å². The molecular formula is C44H54N2O15S. The standard InChI is InChI=1S/C44H54N2O15S/c1-42-18-17-29(47)23-28(42)13-14-31-32-24-35-44(43(32,2)25-33(48)38(31)42,60-41(59-35)27-9-5-3-6-10-27)34(49)26-58-37(51)16-15-36(50)56-21-19-55-20-22-57-39-40(46(52)61-45-39)62(53,54)30-11-7-4-8-12-30/h4,7-8,11-12,17-18,23,27,31-33,35,38,41,48H,3,5-6,9-10,13-16,19-22,24-26H2,1-2H3/t31-,32-,33-,35+,38+,41+,42-,43-,44+/m0/s1. The van der Waals surface area contributed by atoms with E-state index in [2.05, 4.69) is 16.7 Å². The van der Waals surface area contributed by atoms with Crippen LogP contribution in [-0.4, -0.2) is 99.3 Å². The number of aromatic nitrogens is 2. The van der Waals surface area contributed by atoms with Crippen LogP contribution in [0.4, 0.5) is 0 Å². The Kier molecular flexibility index (Phi) is 12.5. The molecule has 2 aromatic rings. The van der Waals surface area contributed by atoms with Gasteiger partial charge in [0.25, 0.3) is 9.84 Å². The lowest BCUT2D eigenvalue weighted by Gasteiger charge is -2.59. The van der Waals surface area contributed by atoms with E-state index in [0.717, 1.165) is 44.1 Å². The first-order valence-electron chi connectivity index (χ1n) is 21.6. The maximum absolute atomic E-state index is 14.6. The molecule has 18 heteroatoms. The van der Waals surface area contributed by atoms with Crippen LogP contribution < -0.4 is 9.64 Å². The van der Waals surface area contributed by atoms with Crippen molar-refractivity contribution in [2.45, 2.75) is 118 Å². The van der Waals surface area contributed by atoms with Crippen molar-refractivity contribution in [1.29, 1.82) is 0 Å². The molecule has 62 heavy (non-hydrogen) atoms. The van der Waals surface area contributed by atoms with Crippen LogP contribution in [0, 0.1) is 39.7 Å². The van der Waals surface area contributed by atoms with E-state index in [1.165, 1.54) is 24.3 Å². The van der Waals surface area contributed by atoms with Crippen LogP contribution in [0.15, 0.2) is 68.7 Å². The van der Waals surface area contributed by atoms with Gasteiger partial charge in [0.05, 0.1) is 48.3 Å².